The van der Waals surface area contributed by atoms with Gasteiger partial charge in [-0.05, 0) is 31.0 Å². The molecule has 4 heterocycles. The Bertz CT molecular complexity index is 1260. The zero-order chi connectivity index (χ0) is 22.7. The molecule has 7 nitrogen and oxygen atoms in total. The van der Waals surface area contributed by atoms with Gasteiger partial charge < -0.3 is 19.7 Å². The number of hydrogen-bond donors (Lipinski definition) is 1. The van der Waals surface area contributed by atoms with E-state index in [1.807, 2.05) is 0 Å². The van der Waals surface area contributed by atoms with Crippen LogP contribution < -0.4 is 19.7 Å². The van der Waals surface area contributed by atoms with Crippen molar-refractivity contribution in [3.63, 3.8) is 0 Å². The molecule has 1 N–H and O–H groups in total. The number of aromatic nitrogens is 3. The zero-order valence-electron chi connectivity index (χ0n) is 17.7. The summed E-state index contributed by atoms with van der Waals surface area (Å²) in [6, 6.07) is 2.96. The third-order valence-electron chi connectivity index (χ3n) is 6.67. The van der Waals surface area contributed by atoms with Gasteiger partial charge in [0.15, 0.2) is 17.2 Å². The van der Waals surface area contributed by atoms with Crippen LogP contribution in [0.25, 0.3) is 11.3 Å². The molecule has 1 atom stereocenters. The molecule has 6 rings (SSSR count). The topological polar surface area (TPSA) is 63.9 Å². The second-order valence-electron chi connectivity index (χ2n) is 8.97. The fourth-order valence-electron chi connectivity index (χ4n) is 4.39. The molecule has 1 saturated carbocycles. The van der Waals surface area contributed by atoms with Gasteiger partial charge in [0.05, 0.1) is 24.6 Å². The van der Waals surface area contributed by atoms with E-state index in [4.69, 9.17) is 9.47 Å². The Balaban J connectivity index is 1.53. The van der Waals surface area contributed by atoms with Gasteiger partial charge in [-0.2, -0.15) is 5.10 Å². The standard InChI is InChI=1S/C23H22F3N5O2/c1-13-16-7-28-31-9-19-22(29-21(16)31)30(17(10-32-19)20(25)26)8-14-6-15(24)2-3-18(14)33-12-23(4-5-23)11-27-13/h2-3,6-7,9,17,20,27H,1,4-5,8,10-12H2/t17-/m0/s1. The van der Waals surface area contributed by atoms with Crippen LogP contribution in [0.15, 0.2) is 37.2 Å². The molecule has 10 heteroatoms. The second-order valence-corrected chi connectivity index (χ2v) is 8.97. The van der Waals surface area contributed by atoms with Crippen LogP contribution in [0.5, 0.6) is 11.5 Å². The summed E-state index contributed by atoms with van der Waals surface area (Å²) < 4.78 is 55.5. The Labute approximate surface area is 187 Å². The molecule has 0 amide bonds. The number of nitrogens with zero attached hydrogens (tertiary/aromatic N) is 4. The van der Waals surface area contributed by atoms with Crippen LogP contribution in [-0.4, -0.2) is 46.8 Å². The number of benzene rings is 1. The van der Waals surface area contributed by atoms with Crippen LogP contribution >= 0.6 is 0 Å². The third-order valence-corrected chi connectivity index (χ3v) is 6.67. The summed E-state index contributed by atoms with van der Waals surface area (Å²) in [7, 11) is 0. The van der Waals surface area contributed by atoms with Crippen LogP contribution in [-0.2, 0) is 6.54 Å². The summed E-state index contributed by atoms with van der Waals surface area (Å²) >= 11 is 0. The van der Waals surface area contributed by atoms with E-state index in [-0.39, 0.29) is 24.4 Å². The minimum atomic E-state index is -2.69. The Morgan fingerprint density at radius 1 is 1.21 bits per heavy atom. The van der Waals surface area contributed by atoms with E-state index in [0.29, 0.717) is 47.1 Å². The number of hydrogen-bond acceptors (Lipinski definition) is 6. The predicted molar refractivity (Wildman–Crippen MR) is 115 cm³/mol. The fraction of sp³-hybridized carbons (Fsp3) is 0.391. The Morgan fingerprint density at radius 3 is 2.85 bits per heavy atom. The molecule has 1 aromatic carbocycles. The molecule has 0 saturated heterocycles. The summed E-state index contributed by atoms with van der Waals surface area (Å²) in [5.74, 6) is 0.599. The first-order chi connectivity index (χ1) is 15.9. The Morgan fingerprint density at radius 2 is 2.06 bits per heavy atom. The van der Waals surface area contributed by atoms with Gasteiger partial charge in [0.1, 0.15) is 24.2 Å². The SMILES string of the molecule is C=C1NCC2(CC2)COc2ccc(F)cc2CN2c3nc4c1cnn4cc3OC[C@H]2C(F)F. The molecule has 3 aliphatic rings. The molecule has 172 valence electrons. The molecule has 1 spiro atoms. The highest BCUT2D eigenvalue weighted by Crippen LogP contribution is 2.46. The molecule has 0 unspecified atom stereocenters. The second kappa shape index (κ2) is 7.29. The molecule has 3 aromatic rings. The van der Waals surface area contributed by atoms with Gasteiger partial charge in [0, 0.05) is 29.8 Å². The molecule has 2 aliphatic heterocycles. The molecular formula is C23H22F3N5O2. The van der Waals surface area contributed by atoms with Crippen molar-refractivity contribution in [3.05, 3.63) is 54.1 Å². The average Bonchev–Trinajstić information content (AvgIpc) is 3.45. The number of rotatable bonds is 1. The first-order valence-corrected chi connectivity index (χ1v) is 10.8. The lowest BCUT2D eigenvalue weighted by Crippen LogP contribution is -2.47. The number of ether oxygens (including phenoxy) is 2. The monoisotopic (exact) mass is 457 g/mol. The fourth-order valence-corrected chi connectivity index (χ4v) is 4.39. The number of alkyl halides is 2. The number of fused-ring (bicyclic) bond motifs is 1. The van der Waals surface area contributed by atoms with E-state index in [1.165, 1.54) is 17.0 Å². The van der Waals surface area contributed by atoms with E-state index in [1.54, 1.807) is 23.0 Å². The quantitative estimate of drug-likeness (QED) is 0.602. The lowest BCUT2D eigenvalue weighted by Gasteiger charge is -2.37. The van der Waals surface area contributed by atoms with Gasteiger partial charge >= 0.3 is 0 Å². The highest BCUT2D eigenvalue weighted by atomic mass is 19.3. The van der Waals surface area contributed by atoms with Crippen molar-refractivity contribution in [2.75, 3.05) is 24.7 Å². The van der Waals surface area contributed by atoms with E-state index in [0.717, 1.165) is 12.8 Å². The maximum absolute atomic E-state index is 14.2. The lowest BCUT2D eigenvalue weighted by molar-refractivity contribution is 0.0766. The molecule has 2 bridgehead atoms. The average molecular weight is 457 g/mol. The minimum absolute atomic E-state index is 0.00268. The Kier molecular flexibility index (Phi) is 4.46. The van der Waals surface area contributed by atoms with Gasteiger partial charge in [-0.3, -0.25) is 0 Å². The Hall–Kier alpha value is -3.43. The van der Waals surface area contributed by atoms with Crippen molar-refractivity contribution < 1.29 is 22.6 Å². The summed E-state index contributed by atoms with van der Waals surface area (Å²) in [4.78, 5) is 6.14. The van der Waals surface area contributed by atoms with Crippen molar-refractivity contribution in [1.29, 1.82) is 0 Å². The van der Waals surface area contributed by atoms with E-state index >= 15 is 0 Å². The smallest absolute Gasteiger partial charge is 0.261 e. The van der Waals surface area contributed by atoms with Crippen LogP contribution in [0.3, 0.4) is 0 Å². The van der Waals surface area contributed by atoms with E-state index in [9.17, 15) is 13.2 Å². The number of anilines is 1. The maximum atomic E-state index is 14.2. The van der Waals surface area contributed by atoms with Crippen molar-refractivity contribution in [1.82, 2.24) is 19.9 Å². The summed E-state index contributed by atoms with van der Waals surface area (Å²) in [6.07, 6.45) is 2.55. The van der Waals surface area contributed by atoms with Gasteiger partial charge in [0.25, 0.3) is 6.43 Å². The van der Waals surface area contributed by atoms with Gasteiger partial charge in [-0.15, -0.1) is 0 Å². The van der Waals surface area contributed by atoms with E-state index < -0.39 is 18.3 Å². The molecular weight excluding hydrogens is 435 g/mol. The molecule has 1 fully saturated rings. The molecule has 1 aliphatic carbocycles. The van der Waals surface area contributed by atoms with Crippen LogP contribution in [0.1, 0.15) is 24.0 Å². The van der Waals surface area contributed by atoms with Gasteiger partial charge in [-0.25, -0.2) is 22.7 Å². The van der Waals surface area contributed by atoms with Crippen molar-refractivity contribution in [2.24, 2.45) is 5.41 Å². The highest BCUT2D eigenvalue weighted by molar-refractivity contribution is 5.75. The highest BCUT2D eigenvalue weighted by Gasteiger charge is 2.44. The predicted octanol–water partition coefficient (Wildman–Crippen LogP) is 3.63. The van der Waals surface area contributed by atoms with Crippen LogP contribution in [0.2, 0.25) is 0 Å². The van der Waals surface area contributed by atoms with E-state index in [2.05, 4.69) is 22.0 Å². The number of nitrogens with one attached hydrogen (secondary N) is 1. The lowest BCUT2D eigenvalue weighted by atomic mass is 10.1. The van der Waals surface area contributed by atoms with Crippen molar-refractivity contribution >= 4 is 17.2 Å². The normalized spacial score (nSPS) is 21.4. The maximum Gasteiger partial charge on any atom is 0.261 e. The van der Waals surface area contributed by atoms with Gasteiger partial charge in [-0.1, -0.05) is 6.58 Å². The molecule has 0 radical (unpaired) electrons. The van der Waals surface area contributed by atoms with Crippen molar-refractivity contribution in [3.8, 4) is 11.5 Å². The molecule has 33 heavy (non-hydrogen) atoms. The summed E-state index contributed by atoms with van der Waals surface area (Å²) in [6.45, 7) is 5.01. The van der Waals surface area contributed by atoms with Crippen LogP contribution in [0, 0.1) is 11.2 Å². The minimum Gasteiger partial charge on any atom is -0.493 e. The van der Waals surface area contributed by atoms with Gasteiger partial charge in [0.2, 0.25) is 0 Å². The van der Waals surface area contributed by atoms with Crippen molar-refractivity contribution in [2.45, 2.75) is 31.9 Å². The third kappa shape index (κ3) is 3.44. The zero-order valence-corrected chi connectivity index (χ0v) is 17.7. The summed E-state index contributed by atoms with van der Waals surface area (Å²) in [5.41, 5.74) is 2.23. The van der Waals surface area contributed by atoms with Crippen LogP contribution in [0.4, 0.5) is 19.0 Å². The first kappa shape index (κ1) is 20.2. The largest absolute Gasteiger partial charge is 0.493 e. The first-order valence-electron chi connectivity index (χ1n) is 10.8. The summed E-state index contributed by atoms with van der Waals surface area (Å²) in [5, 5.41) is 7.71. The molecule has 2 aromatic heterocycles. The number of halogens is 3.